The Morgan fingerprint density at radius 2 is 1.97 bits per heavy atom. The molecule has 0 aromatic heterocycles. The van der Waals surface area contributed by atoms with Gasteiger partial charge in [-0.15, -0.1) is 0 Å². The Bertz CT molecular complexity index is 909. The molecular weight excluding hydrogens is 434 g/mol. The maximum atomic E-state index is 14.0. The molecule has 3 fully saturated rings. The molecule has 186 valence electrons. The van der Waals surface area contributed by atoms with Crippen LogP contribution < -0.4 is 10.6 Å². The zero-order chi connectivity index (χ0) is 24.5. The summed E-state index contributed by atoms with van der Waals surface area (Å²) in [6.45, 7) is 6.30. The summed E-state index contributed by atoms with van der Waals surface area (Å²) in [4.78, 5) is 42.5. The number of ether oxygens (including phenoxy) is 1. The van der Waals surface area contributed by atoms with Gasteiger partial charge in [0.05, 0.1) is 30.6 Å². The van der Waals surface area contributed by atoms with Gasteiger partial charge in [-0.05, 0) is 37.3 Å². The van der Waals surface area contributed by atoms with E-state index in [1.165, 1.54) is 0 Å². The number of rotatable bonds is 10. The highest BCUT2D eigenvalue weighted by Crippen LogP contribution is 2.59. The maximum absolute atomic E-state index is 14.0. The summed E-state index contributed by atoms with van der Waals surface area (Å²) in [5.41, 5.74) is -0.384. The SMILES string of the molecule is CCCCNC(=O)C1N([C@@H](CO)[C@@H](C)CC)C(=O)[C@@H]2[C@@H](C(=O)Nc3ccccc3)[C@H]3CCC12O3. The first kappa shape index (κ1) is 24.7. The van der Waals surface area contributed by atoms with E-state index in [0.29, 0.717) is 25.1 Å². The second-order valence-electron chi connectivity index (χ2n) is 9.94. The van der Waals surface area contributed by atoms with Gasteiger partial charge in [-0.1, -0.05) is 51.8 Å². The van der Waals surface area contributed by atoms with Crippen LogP contribution in [0, 0.1) is 17.8 Å². The Morgan fingerprint density at radius 3 is 2.62 bits per heavy atom. The highest BCUT2D eigenvalue weighted by molar-refractivity contribution is 6.02. The zero-order valence-electron chi connectivity index (χ0n) is 20.3. The van der Waals surface area contributed by atoms with Crippen LogP contribution in [-0.4, -0.2) is 64.7 Å². The minimum Gasteiger partial charge on any atom is -0.394 e. The van der Waals surface area contributed by atoms with Gasteiger partial charge in [-0.2, -0.15) is 0 Å². The number of nitrogens with one attached hydrogen (secondary N) is 2. The molecule has 3 aliphatic rings. The Labute approximate surface area is 201 Å². The first-order valence-electron chi connectivity index (χ1n) is 12.6. The van der Waals surface area contributed by atoms with Gasteiger partial charge >= 0.3 is 0 Å². The van der Waals surface area contributed by atoms with E-state index in [4.69, 9.17) is 4.74 Å². The van der Waals surface area contributed by atoms with E-state index < -0.39 is 35.6 Å². The fraction of sp³-hybridized carbons (Fsp3) is 0.654. The standard InChI is InChI=1S/C26H37N3O5/c1-4-6-14-27-24(32)22-26-13-12-19(34-26)20(23(31)28-17-10-8-7-9-11-17)21(26)25(33)29(22)18(15-30)16(3)5-2/h7-11,16,18-22,30H,4-6,12-15H2,1-3H3,(H,27,32)(H,28,31)/t16-,18-,19+,20-,21-,22?,26?/m0/s1. The Hall–Kier alpha value is -2.45. The molecule has 2 bridgehead atoms. The number of nitrogens with zero attached hydrogens (tertiary/aromatic N) is 1. The Morgan fingerprint density at radius 1 is 1.24 bits per heavy atom. The topological polar surface area (TPSA) is 108 Å². The fourth-order valence-corrected chi connectivity index (χ4v) is 6.09. The van der Waals surface area contributed by atoms with Crippen molar-refractivity contribution in [3.05, 3.63) is 30.3 Å². The summed E-state index contributed by atoms with van der Waals surface area (Å²) in [6, 6.07) is 7.79. The van der Waals surface area contributed by atoms with Crippen molar-refractivity contribution in [2.75, 3.05) is 18.5 Å². The molecule has 0 radical (unpaired) electrons. The first-order chi connectivity index (χ1) is 16.4. The molecule has 1 aromatic carbocycles. The molecule has 4 rings (SSSR count). The van der Waals surface area contributed by atoms with Crippen LogP contribution in [0.2, 0.25) is 0 Å². The minimum atomic E-state index is -1.04. The van der Waals surface area contributed by atoms with Crippen LogP contribution in [0.3, 0.4) is 0 Å². The van der Waals surface area contributed by atoms with Gasteiger partial charge in [-0.25, -0.2) is 0 Å². The number of aliphatic hydroxyl groups is 1. The molecule has 1 aromatic rings. The number of amides is 3. The molecule has 3 amide bonds. The lowest BCUT2D eigenvalue weighted by Crippen LogP contribution is -2.59. The molecule has 3 N–H and O–H groups in total. The van der Waals surface area contributed by atoms with E-state index in [1.807, 2.05) is 32.0 Å². The summed E-state index contributed by atoms with van der Waals surface area (Å²) >= 11 is 0. The first-order valence-corrected chi connectivity index (χ1v) is 12.6. The molecule has 34 heavy (non-hydrogen) atoms. The number of likely N-dealkylation sites (tertiary alicyclic amines) is 1. The van der Waals surface area contributed by atoms with Crippen LogP contribution in [0.15, 0.2) is 30.3 Å². The number of hydrogen-bond donors (Lipinski definition) is 3. The minimum absolute atomic E-state index is 0.0103. The molecule has 7 atom stereocenters. The summed E-state index contributed by atoms with van der Waals surface area (Å²) in [5, 5.41) is 16.2. The highest BCUT2D eigenvalue weighted by Gasteiger charge is 2.75. The summed E-state index contributed by atoms with van der Waals surface area (Å²) < 4.78 is 6.44. The van der Waals surface area contributed by atoms with E-state index in [-0.39, 0.29) is 30.2 Å². The Kier molecular flexibility index (Phi) is 7.28. The number of carbonyl (C=O) groups excluding carboxylic acids is 3. The molecule has 2 unspecified atom stereocenters. The normalized spacial score (nSPS) is 31.3. The molecule has 3 saturated heterocycles. The van der Waals surface area contributed by atoms with Gasteiger partial charge in [0.1, 0.15) is 11.6 Å². The smallest absolute Gasteiger partial charge is 0.245 e. The second kappa shape index (κ2) is 10.0. The van der Waals surface area contributed by atoms with Gasteiger partial charge in [0.2, 0.25) is 17.7 Å². The molecule has 3 aliphatic heterocycles. The second-order valence-corrected chi connectivity index (χ2v) is 9.94. The van der Waals surface area contributed by atoms with Gasteiger partial charge in [0, 0.05) is 12.2 Å². The maximum Gasteiger partial charge on any atom is 0.245 e. The van der Waals surface area contributed by atoms with Gasteiger partial charge in [0.25, 0.3) is 0 Å². The molecule has 0 saturated carbocycles. The van der Waals surface area contributed by atoms with E-state index in [1.54, 1.807) is 17.0 Å². The Balaban J connectivity index is 1.69. The predicted molar refractivity (Wildman–Crippen MR) is 128 cm³/mol. The number of hydrogen-bond acceptors (Lipinski definition) is 5. The number of fused-ring (bicyclic) bond motifs is 1. The van der Waals surface area contributed by atoms with Gasteiger partial charge in [-0.3, -0.25) is 14.4 Å². The van der Waals surface area contributed by atoms with Crippen molar-refractivity contribution in [1.29, 1.82) is 0 Å². The van der Waals surface area contributed by atoms with E-state index in [2.05, 4.69) is 17.6 Å². The van der Waals surface area contributed by atoms with Crippen LogP contribution in [0.5, 0.6) is 0 Å². The molecule has 1 spiro atoms. The average Bonchev–Trinajstić information content (AvgIpc) is 3.48. The van der Waals surface area contributed by atoms with Crippen molar-refractivity contribution in [1.82, 2.24) is 10.2 Å². The fourth-order valence-electron chi connectivity index (χ4n) is 6.09. The van der Waals surface area contributed by atoms with Crippen molar-refractivity contribution < 1.29 is 24.2 Å². The van der Waals surface area contributed by atoms with Crippen LogP contribution in [0.4, 0.5) is 5.69 Å². The number of unbranched alkanes of at least 4 members (excludes halogenated alkanes) is 1. The third kappa shape index (κ3) is 4.01. The van der Waals surface area contributed by atoms with Crippen LogP contribution in [0.1, 0.15) is 52.9 Å². The molecule has 0 aliphatic carbocycles. The molecule has 8 heteroatoms. The monoisotopic (exact) mass is 471 g/mol. The van der Waals surface area contributed by atoms with Crippen molar-refractivity contribution in [3.8, 4) is 0 Å². The number of aliphatic hydroxyl groups excluding tert-OH is 1. The quantitative estimate of drug-likeness (QED) is 0.454. The van der Waals surface area contributed by atoms with Crippen molar-refractivity contribution in [3.63, 3.8) is 0 Å². The summed E-state index contributed by atoms with van der Waals surface area (Å²) in [6.07, 6.45) is 3.29. The van der Waals surface area contributed by atoms with E-state index in [0.717, 1.165) is 19.3 Å². The third-order valence-corrected chi connectivity index (χ3v) is 8.01. The number of benzene rings is 1. The molecule has 3 heterocycles. The molecule has 8 nitrogen and oxygen atoms in total. The lowest BCUT2D eigenvalue weighted by molar-refractivity contribution is -0.146. The van der Waals surface area contributed by atoms with E-state index in [9.17, 15) is 19.5 Å². The largest absolute Gasteiger partial charge is 0.394 e. The number of para-hydroxylation sites is 1. The van der Waals surface area contributed by atoms with Crippen molar-refractivity contribution >= 4 is 23.4 Å². The number of carbonyl (C=O) groups is 3. The lowest BCUT2D eigenvalue weighted by Gasteiger charge is -2.38. The lowest BCUT2D eigenvalue weighted by atomic mass is 9.70. The van der Waals surface area contributed by atoms with Crippen molar-refractivity contribution in [2.24, 2.45) is 17.8 Å². The highest BCUT2D eigenvalue weighted by atomic mass is 16.5. The predicted octanol–water partition coefficient (Wildman–Crippen LogP) is 2.32. The van der Waals surface area contributed by atoms with Gasteiger partial charge in [0.15, 0.2) is 0 Å². The number of anilines is 1. The van der Waals surface area contributed by atoms with Crippen LogP contribution >= 0.6 is 0 Å². The van der Waals surface area contributed by atoms with Crippen molar-refractivity contribution in [2.45, 2.75) is 76.7 Å². The van der Waals surface area contributed by atoms with Crippen LogP contribution in [0.25, 0.3) is 0 Å². The van der Waals surface area contributed by atoms with Gasteiger partial charge < -0.3 is 25.4 Å². The summed E-state index contributed by atoms with van der Waals surface area (Å²) in [7, 11) is 0. The van der Waals surface area contributed by atoms with Crippen LogP contribution in [-0.2, 0) is 19.1 Å². The summed E-state index contributed by atoms with van der Waals surface area (Å²) in [5.74, 6) is -2.19. The molecular formula is C26H37N3O5. The zero-order valence-corrected chi connectivity index (χ0v) is 20.3. The van der Waals surface area contributed by atoms with E-state index >= 15 is 0 Å². The average molecular weight is 472 g/mol. The third-order valence-electron chi connectivity index (χ3n) is 8.01.